The Hall–Kier alpha value is -2.69. The van der Waals surface area contributed by atoms with Crippen molar-refractivity contribution in [3.05, 3.63) is 64.5 Å². The molecule has 0 radical (unpaired) electrons. The summed E-state index contributed by atoms with van der Waals surface area (Å²) >= 11 is 0. The first-order valence-electron chi connectivity index (χ1n) is 5.78. The molecule has 0 atom stereocenters. The van der Waals surface area contributed by atoms with Crippen molar-refractivity contribution in [3.63, 3.8) is 0 Å². The summed E-state index contributed by atoms with van der Waals surface area (Å²) in [6.45, 7) is 1.49. The second-order valence-corrected chi connectivity index (χ2v) is 4.30. The highest BCUT2D eigenvalue weighted by Gasteiger charge is 2.20. The smallest absolute Gasteiger partial charge is 0.335 e. The van der Waals surface area contributed by atoms with Gasteiger partial charge in [0.15, 0.2) is 5.78 Å². The molecule has 20 heavy (non-hydrogen) atoms. The molecule has 102 valence electrons. The Morgan fingerprint density at radius 2 is 1.55 bits per heavy atom. The first kappa shape index (κ1) is 13.7. The molecule has 2 aromatic carbocycles. The number of phenolic OH excluding ortho intramolecular Hbond substituents is 1. The maximum absolute atomic E-state index is 13.9. The molecule has 0 aromatic heterocycles. The number of carbonyl (C=O) groups is 2. The van der Waals surface area contributed by atoms with Gasteiger partial charge in [0.05, 0.1) is 5.56 Å². The molecule has 0 heterocycles. The summed E-state index contributed by atoms with van der Waals surface area (Å²) in [6, 6.07) is 7.69. The molecule has 5 heteroatoms. The van der Waals surface area contributed by atoms with E-state index < -0.39 is 28.9 Å². The Balaban J connectivity index is 2.46. The molecular formula is C15H11FO4. The zero-order chi connectivity index (χ0) is 14.9. The minimum atomic E-state index is -1.12. The third kappa shape index (κ3) is 2.38. The van der Waals surface area contributed by atoms with Crippen molar-refractivity contribution in [3.8, 4) is 5.75 Å². The molecule has 0 bridgehead atoms. The van der Waals surface area contributed by atoms with Gasteiger partial charge in [0.1, 0.15) is 17.1 Å². The lowest BCUT2D eigenvalue weighted by Crippen LogP contribution is -2.07. The Morgan fingerprint density at radius 3 is 2.10 bits per heavy atom. The lowest BCUT2D eigenvalue weighted by Gasteiger charge is -2.07. The van der Waals surface area contributed by atoms with Crippen molar-refractivity contribution in [1.82, 2.24) is 0 Å². The predicted octanol–water partition coefficient (Wildman–Crippen LogP) is 2.77. The van der Waals surface area contributed by atoms with Crippen LogP contribution in [0.3, 0.4) is 0 Å². The Labute approximate surface area is 114 Å². The van der Waals surface area contributed by atoms with Gasteiger partial charge in [-0.25, -0.2) is 9.18 Å². The summed E-state index contributed by atoms with van der Waals surface area (Å²) in [4.78, 5) is 22.9. The second kappa shape index (κ2) is 5.13. The largest absolute Gasteiger partial charge is 0.507 e. The molecule has 4 nitrogen and oxygen atoms in total. The van der Waals surface area contributed by atoms with Crippen LogP contribution in [0.15, 0.2) is 36.4 Å². The van der Waals surface area contributed by atoms with E-state index in [1.807, 2.05) is 0 Å². The zero-order valence-electron chi connectivity index (χ0n) is 10.6. The Kier molecular flexibility index (Phi) is 3.52. The van der Waals surface area contributed by atoms with Gasteiger partial charge in [-0.05, 0) is 30.7 Å². The number of aryl methyl sites for hydroxylation is 1. The molecule has 0 amide bonds. The molecule has 0 saturated heterocycles. The van der Waals surface area contributed by atoms with E-state index >= 15 is 0 Å². The maximum Gasteiger partial charge on any atom is 0.335 e. The Bertz CT molecular complexity index is 690. The van der Waals surface area contributed by atoms with Gasteiger partial charge in [-0.15, -0.1) is 0 Å². The third-order valence-electron chi connectivity index (χ3n) is 2.93. The standard InChI is InChI=1S/C15H11FO4/c1-8-2-7-11(17)12(13(8)16)14(18)9-3-5-10(6-4-9)15(19)20/h2-7,17H,1H3,(H,19,20). The van der Waals surface area contributed by atoms with Crippen LogP contribution in [0.1, 0.15) is 31.8 Å². The highest BCUT2D eigenvalue weighted by Crippen LogP contribution is 2.25. The molecule has 0 unspecified atom stereocenters. The second-order valence-electron chi connectivity index (χ2n) is 4.30. The number of hydrogen-bond donors (Lipinski definition) is 2. The summed E-state index contributed by atoms with van der Waals surface area (Å²) in [5.41, 5.74) is -0.0355. The van der Waals surface area contributed by atoms with Crippen LogP contribution >= 0.6 is 0 Å². The van der Waals surface area contributed by atoms with Crippen LogP contribution in [0, 0.1) is 12.7 Å². The van der Waals surface area contributed by atoms with E-state index in [2.05, 4.69) is 0 Å². The third-order valence-corrected chi connectivity index (χ3v) is 2.93. The molecule has 0 aliphatic carbocycles. The first-order valence-corrected chi connectivity index (χ1v) is 5.78. The van der Waals surface area contributed by atoms with Gasteiger partial charge in [0.25, 0.3) is 0 Å². The van der Waals surface area contributed by atoms with E-state index in [9.17, 15) is 19.1 Å². The fraction of sp³-hybridized carbons (Fsp3) is 0.0667. The van der Waals surface area contributed by atoms with Gasteiger partial charge in [-0.1, -0.05) is 18.2 Å². The number of ketones is 1. The number of aromatic carboxylic acids is 1. The fourth-order valence-electron chi connectivity index (χ4n) is 1.79. The molecule has 2 rings (SSSR count). The summed E-state index contributed by atoms with van der Waals surface area (Å²) in [5.74, 6) is -3.04. The summed E-state index contributed by atoms with van der Waals surface area (Å²) in [7, 11) is 0. The van der Waals surface area contributed by atoms with Gasteiger partial charge in [0.2, 0.25) is 0 Å². The number of benzene rings is 2. The van der Waals surface area contributed by atoms with Crippen LogP contribution in [0.5, 0.6) is 5.75 Å². The van der Waals surface area contributed by atoms with Crippen LogP contribution in [0.2, 0.25) is 0 Å². The van der Waals surface area contributed by atoms with Crippen LogP contribution in [-0.4, -0.2) is 22.0 Å². The quantitative estimate of drug-likeness (QED) is 0.844. The predicted molar refractivity (Wildman–Crippen MR) is 69.6 cm³/mol. The van der Waals surface area contributed by atoms with Gasteiger partial charge in [-0.2, -0.15) is 0 Å². The average molecular weight is 274 g/mol. The monoisotopic (exact) mass is 274 g/mol. The molecule has 0 saturated carbocycles. The summed E-state index contributed by atoms with van der Waals surface area (Å²) in [5, 5.41) is 18.4. The maximum atomic E-state index is 13.9. The number of aromatic hydroxyl groups is 1. The van der Waals surface area contributed by atoms with E-state index in [1.54, 1.807) is 0 Å². The lowest BCUT2D eigenvalue weighted by atomic mass is 9.99. The number of hydrogen-bond acceptors (Lipinski definition) is 3. The van der Waals surface area contributed by atoms with E-state index in [4.69, 9.17) is 5.11 Å². The van der Waals surface area contributed by atoms with Crippen molar-refractivity contribution in [2.24, 2.45) is 0 Å². The zero-order valence-corrected chi connectivity index (χ0v) is 10.6. The van der Waals surface area contributed by atoms with Crippen molar-refractivity contribution >= 4 is 11.8 Å². The number of carbonyl (C=O) groups excluding carboxylic acids is 1. The summed E-state index contributed by atoms with van der Waals surface area (Å²) < 4.78 is 13.9. The van der Waals surface area contributed by atoms with E-state index in [0.29, 0.717) is 0 Å². The first-order chi connectivity index (χ1) is 9.41. The highest BCUT2D eigenvalue weighted by molar-refractivity contribution is 6.11. The van der Waals surface area contributed by atoms with Gasteiger partial charge >= 0.3 is 5.97 Å². The van der Waals surface area contributed by atoms with Crippen LogP contribution in [-0.2, 0) is 0 Å². The van der Waals surface area contributed by atoms with E-state index in [1.165, 1.54) is 43.3 Å². The van der Waals surface area contributed by atoms with E-state index in [0.717, 1.165) is 0 Å². The number of carboxylic acid groups (broad SMARTS) is 1. The molecule has 0 aliphatic heterocycles. The van der Waals surface area contributed by atoms with Crippen molar-refractivity contribution in [1.29, 1.82) is 0 Å². The van der Waals surface area contributed by atoms with E-state index in [-0.39, 0.29) is 16.7 Å². The average Bonchev–Trinajstić information content (AvgIpc) is 2.43. The number of carboxylic acids is 1. The molecule has 0 aliphatic rings. The van der Waals surface area contributed by atoms with Crippen LogP contribution in [0.25, 0.3) is 0 Å². The minimum absolute atomic E-state index is 0.0236. The molecule has 0 fully saturated rings. The highest BCUT2D eigenvalue weighted by atomic mass is 19.1. The van der Waals surface area contributed by atoms with Crippen molar-refractivity contribution in [2.75, 3.05) is 0 Å². The lowest BCUT2D eigenvalue weighted by molar-refractivity contribution is 0.0696. The molecular weight excluding hydrogens is 263 g/mol. The topological polar surface area (TPSA) is 74.6 Å². The van der Waals surface area contributed by atoms with Crippen LogP contribution < -0.4 is 0 Å². The normalized spacial score (nSPS) is 10.3. The number of halogens is 1. The van der Waals surface area contributed by atoms with Gasteiger partial charge < -0.3 is 10.2 Å². The van der Waals surface area contributed by atoms with Crippen molar-refractivity contribution < 1.29 is 24.2 Å². The van der Waals surface area contributed by atoms with Crippen molar-refractivity contribution in [2.45, 2.75) is 6.92 Å². The fourth-order valence-corrected chi connectivity index (χ4v) is 1.79. The SMILES string of the molecule is Cc1ccc(O)c(C(=O)c2ccc(C(=O)O)cc2)c1F. The van der Waals surface area contributed by atoms with Gasteiger partial charge in [0, 0.05) is 5.56 Å². The molecule has 2 aromatic rings. The minimum Gasteiger partial charge on any atom is -0.507 e. The molecule has 2 N–H and O–H groups in total. The Morgan fingerprint density at radius 1 is 1.00 bits per heavy atom. The molecule has 0 spiro atoms. The number of rotatable bonds is 3. The number of phenols is 1. The van der Waals surface area contributed by atoms with Crippen LogP contribution in [0.4, 0.5) is 4.39 Å². The summed E-state index contributed by atoms with van der Waals surface area (Å²) in [6.07, 6.45) is 0. The van der Waals surface area contributed by atoms with Gasteiger partial charge in [-0.3, -0.25) is 4.79 Å².